The molecule has 0 aromatic heterocycles. The van der Waals surface area contributed by atoms with Crippen LogP contribution in [0, 0.1) is 6.92 Å². The molecule has 1 fully saturated rings. The molecule has 76 valence electrons. The Bertz CT molecular complexity index is 290. The van der Waals surface area contributed by atoms with Gasteiger partial charge in [-0.2, -0.15) is 0 Å². The van der Waals surface area contributed by atoms with Crippen molar-refractivity contribution in [3.05, 3.63) is 35.4 Å². The van der Waals surface area contributed by atoms with E-state index in [0.29, 0.717) is 6.04 Å². The highest BCUT2D eigenvalue weighted by atomic mass is 15.0. The van der Waals surface area contributed by atoms with Crippen LogP contribution in [0.1, 0.15) is 17.5 Å². The molecule has 0 bridgehead atoms. The molecular weight excluding hydrogens is 172 g/mol. The highest BCUT2D eigenvalue weighted by molar-refractivity contribution is 5.25. The predicted octanol–water partition coefficient (Wildman–Crippen LogP) is 1.45. The van der Waals surface area contributed by atoms with Gasteiger partial charge in [0.05, 0.1) is 0 Å². The number of rotatable bonds is 3. The van der Waals surface area contributed by atoms with Crippen LogP contribution in [0.2, 0.25) is 0 Å². The summed E-state index contributed by atoms with van der Waals surface area (Å²) in [4.78, 5) is 0. The van der Waals surface area contributed by atoms with Gasteiger partial charge in [-0.1, -0.05) is 24.3 Å². The van der Waals surface area contributed by atoms with E-state index in [1.54, 1.807) is 0 Å². The van der Waals surface area contributed by atoms with Crippen LogP contribution in [-0.4, -0.2) is 19.1 Å². The van der Waals surface area contributed by atoms with Crippen LogP contribution in [0.4, 0.5) is 0 Å². The molecular formula is C12H18N2. The molecule has 0 saturated carbocycles. The summed E-state index contributed by atoms with van der Waals surface area (Å²) in [6, 6.07) is 9.23. The fraction of sp³-hybridized carbons (Fsp3) is 0.500. The zero-order valence-electron chi connectivity index (χ0n) is 8.72. The van der Waals surface area contributed by atoms with Crippen molar-refractivity contribution in [2.45, 2.75) is 25.9 Å². The maximum atomic E-state index is 3.58. The molecule has 2 nitrogen and oxygen atoms in total. The minimum Gasteiger partial charge on any atom is -0.315 e. The highest BCUT2D eigenvalue weighted by Gasteiger charge is 2.13. The van der Waals surface area contributed by atoms with Crippen LogP contribution in [0.15, 0.2) is 24.3 Å². The molecule has 0 amide bonds. The largest absolute Gasteiger partial charge is 0.315 e. The van der Waals surface area contributed by atoms with Gasteiger partial charge in [-0.3, -0.25) is 0 Å². The first-order chi connectivity index (χ1) is 6.86. The molecule has 1 atom stereocenters. The Morgan fingerprint density at radius 3 is 3.00 bits per heavy atom. The second-order valence-electron chi connectivity index (χ2n) is 4.00. The molecule has 1 aromatic rings. The summed E-state index contributed by atoms with van der Waals surface area (Å²) in [6.45, 7) is 5.44. The number of hydrogen-bond donors (Lipinski definition) is 2. The minimum absolute atomic E-state index is 0.662. The molecule has 1 unspecified atom stereocenters. The van der Waals surface area contributed by atoms with Gasteiger partial charge >= 0.3 is 0 Å². The van der Waals surface area contributed by atoms with Crippen LogP contribution in [0.5, 0.6) is 0 Å². The van der Waals surface area contributed by atoms with Crippen molar-refractivity contribution in [3.8, 4) is 0 Å². The smallest absolute Gasteiger partial charge is 0.0211 e. The van der Waals surface area contributed by atoms with E-state index in [9.17, 15) is 0 Å². The van der Waals surface area contributed by atoms with Crippen LogP contribution in [0.3, 0.4) is 0 Å². The Kier molecular flexibility index (Phi) is 3.17. The molecule has 0 aliphatic carbocycles. The average molecular weight is 190 g/mol. The number of aryl methyl sites for hydroxylation is 1. The molecule has 1 heterocycles. The first-order valence-electron chi connectivity index (χ1n) is 5.35. The maximum Gasteiger partial charge on any atom is 0.0211 e. The van der Waals surface area contributed by atoms with Gasteiger partial charge in [0.1, 0.15) is 0 Å². The summed E-state index contributed by atoms with van der Waals surface area (Å²) in [6.07, 6.45) is 1.26. The monoisotopic (exact) mass is 190 g/mol. The first kappa shape index (κ1) is 9.69. The van der Waals surface area contributed by atoms with E-state index in [2.05, 4.69) is 41.8 Å². The van der Waals surface area contributed by atoms with E-state index in [-0.39, 0.29) is 0 Å². The fourth-order valence-corrected chi connectivity index (χ4v) is 1.89. The van der Waals surface area contributed by atoms with E-state index in [4.69, 9.17) is 0 Å². The van der Waals surface area contributed by atoms with Crippen molar-refractivity contribution < 1.29 is 0 Å². The molecule has 2 heteroatoms. The third kappa shape index (κ3) is 2.34. The minimum atomic E-state index is 0.662. The summed E-state index contributed by atoms with van der Waals surface area (Å²) >= 11 is 0. The predicted molar refractivity (Wildman–Crippen MR) is 59.3 cm³/mol. The van der Waals surface area contributed by atoms with Crippen LogP contribution < -0.4 is 10.6 Å². The highest BCUT2D eigenvalue weighted by Crippen LogP contribution is 2.07. The maximum absolute atomic E-state index is 3.58. The summed E-state index contributed by atoms with van der Waals surface area (Å²) in [7, 11) is 0. The van der Waals surface area contributed by atoms with E-state index in [0.717, 1.165) is 19.6 Å². The zero-order chi connectivity index (χ0) is 9.80. The lowest BCUT2D eigenvalue weighted by atomic mass is 10.1. The molecule has 2 N–H and O–H groups in total. The van der Waals surface area contributed by atoms with Gasteiger partial charge < -0.3 is 10.6 Å². The van der Waals surface area contributed by atoms with Crippen LogP contribution >= 0.6 is 0 Å². The zero-order valence-corrected chi connectivity index (χ0v) is 8.72. The molecule has 2 rings (SSSR count). The van der Waals surface area contributed by atoms with Crippen molar-refractivity contribution in [2.75, 3.05) is 13.1 Å². The summed E-state index contributed by atoms with van der Waals surface area (Å²) < 4.78 is 0. The van der Waals surface area contributed by atoms with Gasteiger partial charge in [-0.15, -0.1) is 0 Å². The topological polar surface area (TPSA) is 24.1 Å². The third-order valence-corrected chi connectivity index (χ3v) is 2.90. The quantitative estimate of drug-likeness (QED) is 0.754. The van der Waals surface area contributed by atoms with Crippen molar-refractivity contribution in [1.29, 1.82) is 0 Å². The number of hydrogen-bond acceptors (Lipinski definition) is 2. The van der Waals surface area contributed by atoms with Crippen molar-refractivity contribution in [1.82, 2.24) is 10.6 Å². The molecule has 0 radical (unpaired) electrons. The number of benzene rings is 1. The fourth-order valence-electron chi connectivity index (χ4n) is 1.89. The van der Waals surface area contributed by atoms with Gasteiger partial charge in [0.15, 0.2) is 0 Å². The van der Waals surface area contributed by atoms with Crippen molar-refractivity contribution in [2.24, 2.45) is 0 Å². The third-order valence-electron chi connectivity index (χ3n) is 2.90. The van der Waals surface area contributed by atoms with Gasteiger partial charge in [0, 0.05) is 19.1 Å². The Balaban J connectivity index is 1.88. The Labute approximate surface area is 85.7 Å². The molecule has 0 spiro atoms. The standard InChI is InChI=1S/C12H18N2/c1-10-4-2-3-5-11(10)8-14-12-6-7-13-9-12/h2-5,12-14H,6-9H2,1H3. The normalized spacial score (nSPS) is 21.4. The van der Waals surface area contributed by atoms with Crippen molar-refractivity contribution >= 4 is 0 Å². The second kappa shape index (κ2) is 4.58. The van der Waals surface area contributed by atoms with Crippen LogP contribution in [0.25, 0.3) is 0 Å². The SMILES string of the molecule is Cc1ccccc1CNC1CCNC1. The molecule has 1 aliphatic heterocycles. The molecule has 14 heavy (non-hydrogen) atoms. The first-order valence-corrected chi connectivity index (χ1v) is 5.35. The van der Waals surface area contributed by atoms with Gasteiger partial charge in [-0.05, 0) is 31.0 Å². The van der Waals surface area contributed by atoms with Gasteiger partial charge in [0.2, 0.25) is 0 Å². The van der Waals surface area contributed by atoms with E-state index in [1.165, 1.54) is 17.5 Å². The Morgan fingerprint density at radius 2 is 2.29 bits per heavy atom. The summed E-state index contributed by atoms with van der Waals surface area (Å²) in [5.41, 5.74) is 2.80. The number of nitrogens with one attached hydrogen (secondary N) is 2. The Morgan fingerprint density at radius 1 is 1.43 bits per heavy atom. The van der Waals surface area contributed by atoms with E-state index < -0.39 is 0 Å². The lowest BCUT2D eigenvalue weighted by Crippen LogP contribution is -2.30. The molecule has 1 aromatic carbocycles. The van der Waals surface area contributed by atoms with E-state index >= 15 is 0 Å². The molecule has 1 saturated heterocycles. The molecule has 1 aliphatic rings. The van der Waals surface area contributed by atoms with Crippen LogP contribution in [-0.2, 0) is 6.54 Å². The average Bonchev–Trinajstić information content (AvgIpc) is 2.69. The Hall–Kier alpha value is -0.860. The summed E-state index contributed by atoms with van der Waals surface area (Å²) in [5.74, 6) is 0. The van der Waals surface area contributed by atoms with Crippen molar-refractivity contribution in [3.63, 3.8) is 0 Å². The van der Waals surface area contributed by atoms with Gasteiger partial charge in [0.25, 0.3) is 0 Å². The van der Waals surface area contributed by atoms with E-state index in [1.807, 2.05) is 0 Å². The van der Waals surface area contributed by atoms with Gasteiger partial charge in [-0.25, -0.2) is 0 Å². The second-order valence-corrected chi connectivity index (χ2v) is 4.00. The lowest BCUT2D eigenvalue weighted by Gasteiger charge is -2.12. The summed E-state index contributed by atoms with van der Waals surface area (Å²) in [5, 5.41) is 6.94. The lowest BCUT2D eigenvalue weighted by molar-refractivity contribution is 0.546.